The van der Waals surface area contributed by atoms with E-state index in [1.807, 2.05) is 0 Å². The predicted molar refractivity (Wildman–Crippen MR) is 34.6 cm³/mol. The number of nitrogen functional groups attached to an aromatic ring is 2. The van der Waals surface area contributed by atoms with Crippen LogP contribution in [-0.4, -0.2) is 4.98 Å². The van der Waals surface area contributed by atoms with Crippen LogP contribution in [0.1, 0.15) is 0 Å². The molecule has 8 heavy (non-hydrogen) atoms. The summed E-state index contributed by atoms with van der Waals surface area (Å²) in [7, 11) is 0. The van der Waals surface area contributed by atoms with Gasteiger partial charge in [0.1, 0.15) is 10.8 Å². The summed E-state index contributed by atoms with van der Waals surface area (Å²) in [4.78, 5) is 2.66. The first-order chi connectivity index (χ1) is 3.72. The highest BCUT2D eigenvalue weighted by atomic mass is 35.5. The van der Waals surface area contributed by atoms with E-state index in [1.54, 1.807) is 6.20 Å². The van der Waals surface area contributed by atoms with Crippen molar-refractivity contribution in [1.29, 1.82) is 0 Å². The summed E-state index contributed by atoms with van der Waals surface area (Å²) in [6, 6.07) is 0. The van der Waals surface area contributed by atoms with E-state index in [4.69, 9.17) is 23.1 Å². The summed E-state index contributed by atoms with van der Waals surface area (Å²) in [6.45, 7) is 0. The van der Waals surface area contributed by atoms with Crippen molar-refractivity contribution < 1.29 is 0 Å². The Balaban J connectivity index is 3.19. The van der Waals surface area contributed by atoms with Gasteiger partial charge in [0.25, 0.3) is 0 Å². The Labute approximate surface area is 51.6 Å². The van der Waals surface area contributed by atoms with E-state index in [0.29, 0.717) is 16.5 Å². The summed E-state index contributed by atoms with van der Waals surface area (Å²) < 4.78 is 0. The first-order valence-electron chi connectivity index (χ1n) is 2.09. The Bertz CT molecular complexity index is 174. The molecular weight excluding hydrogens is 126 g/mol. The summed E-state index contributed by atoms with van der Waals surface area (Å²) >= 11 is 5.51. The quantitative estimate of drug-likeness (QED) is 0.488. The monoisotopic (exact) mass is 131 g/mol. The molecule has 1 aromatic rings. The van der Waals surface area contributed by atoms with Crippen molar-refractivity contribution in [2.45, 2.75) is 0 Å². The Kier molecular flexibility index (Phi) is 1.06. The summed E-state index contributed by atoms with van der Waals surface area (Å²) in [5, 5.41) is 0.407. The highest BCUT2D eigenvalue weighted by Crippen LogP contribution is 2.23. The third kappa shape index (κ3) is 0.607. The van der Waals surface area contributed by atoms with Gasteiger partial charge in [0.15, 0.2) is 0 Å². The molecule has 0 aliphatic carbocycles. The second-order valence-corrected chi connectivity index (χ2v) is 1.85. The normalized spacial score (nSPS) is 9.62. The molecule has 0 atom stereocenters. The van der Waals surface area contributed by atoms with Gasteiger partial charge in [-0.1, -0.05) is 11.6 Å². The van der Waals surface area contributed by atoms with Gasteiger partial charge in [-0.25, -0.2) is 0 Å². The molecule has 0 bridgehead atoms. The fourth-order valence-corrected chi connectivity index (χ4v) is 0.547. The fraction of sp³-hybridized carbons (Fsp3) is 0. The number of aromatic nitrogens is 1. The molecular formula is C4H6ClN3. The summed E-state index contributed by atoms with van der Waals surface area (Å²) in [5.41, 5.74) is 11.1. The maximum absolute atomic E-state index is 5.51. The summed E-state index contributed by atoms with van der Waals surface area (Å²) in [6.07, 6.45) is 1.55. The molecule has 1 heterocycles. The number of nitrogens with two attached hydrogens (primary N) is 2. The van der Waals surface area contributed by atoms with Crippen LogP contribution in [0.15, 0.2) is 6.20 Å². The second-order valence-electron chi connectivity index (χ2n) is 1.47. The van der Waals surface area contributed by atoms with Gasteiger partial charge in [0.2, 0.25) is 0 Å². The van der Waals surface area contributed by atoms with E-state index in [-0.39, 0.29) is 0 Å². The molecule has 0 aromatic carbocycles. The van der Waals surface area contributed by atoms with Gasteiger partial charge in [-0.3, -0.25) is 0 Å². The van der Waals surface area contributed by atoms with Gasteiger partial charge in [-0.15, -0.1) is 0 Å². The minimum Gasteiger partial charge on any atom is -0.396 e. The molecule has 0 aliphatic rings. The molecule has 1 aromatic heterocycles. The van der Waals surface area contributed by atoms with Gasteiger partial charge >= 0.3 is 0 Å². The zero-order valence-corrected chi connectivity index (χ0v) is 4.87. The molecule has 5 N–H and O–H groups in total. The lowest BCUT2D eigenvalue weighted by atomic mass is 10.5. The third-order valence-corrected chi connectivity index (χ3v) is 1.29. The van der Waals surface area contributed by atoms with E-state index in [1.165, 1.54) is 0 Å². The van der Waals surface area contributed by atoms with E-state index in [9.17, 15) is 0 Å². The number of nitrogens with one attached hydrogen (secondary N) is 1. The molecule has 0 unspecified atom stereocenters. The number of hydrogen-bond acceptors (Lipinski definition) is 2. The molecule has 3 nitrogen and oxygen atoms in total. The SMILES string of the molecule is Nc1c[nH]c(N)c1Cl. The maximum atomic E-state index is 5.51. The van der Waals surface area contributed by atoms with E-state index in [2.05, 4.69) is 4.98 Å². The van der Waals surface area contributed by atoms with Crippen LogP contribution in [0.4, 0.5) is 11.5 Å². The molecule has 0 aliphatic heterocycles. The maximum Gasteiger partial charge on any atom is 0.121 e. The van der Waals surface area contributed by atoms with Crippen LogP contribution in [0.25, 0.3) is 0 Å². The topological polar surface area (TPSA) is 67.8 Å². The average molecular weight is 132 g/mol. The zero-order valence-electron chi connectivity index (χ0n) is 4.11. The Morgan fingerprint density at radius 2 is 2.12 bits per heavy atom. The highest BCUT2D eigenvalue weighted by Gasteiger charge is 1.99. The number of aromatic amines is 1. The second kappa shape index (κ2) is 1.59. The van der Waals surface area contributed by atoms with Crippen molar-refractivity contribution in [2.75, 3.05) is 11.5 Å². The van der Waals surface area contributed by atoms with E-state index in [0.717, 1.165) is 0 Å². The van der Waals surface area contributed by atoms with Crippen LogP contribution in [0, 0.1) is 0 Å². The first-order valence-corrected chi connectivity index (χ1v) is 2.47. The van der Waals surface area contributed by atoms with Gasteiger partial charge in [-0.2, -0.15) is 0 Å². The standard InChI is InChI=1S/C4H6ClN3/c5-3-2(6)1-8-4(3)7/h1,8H,6-7H2. The van der Waals surface area contributed by atoms with Gasteiger partial charge in [0, 0.05) is 6.20 Å². The smallest absolute Gasteiger partial charge is 0.121 e. The zero-order chi connectivity index (χ0) is 6.15. The average Bonchev–Trinajstić information content (AvgIpc) is 1.98. The fourth-order valence-electron chi connectivity index (χ4n) is 0.438. The molecule has 0 amide bonds. The Morgan fingerprint density at radius 1 is 1.50 bits per heavy atom. The minimum atomic E-state index is 0.407. The number of anilines is 2. The lowest BCUT2D eigenvalue weighted by Crippen LogP contribution is -1.84. The van der Waals surface area contributed by atoms with Crippen molar-refractivity contribution in [2.24, 2.45) is 0 Å². The van der Waals surface area contributed by atoms with Crippen LogP contribution in [0.3, 0.4) is 0 Å². The third-order valence-electron chi connectivity index (χ3n) is 0.873. The van der Waals surface area contributed by atoms with Crippen molar-refractivity contribution in [1.82, 2.24) is 4.98 Å². The number of hydrogen-bond donors (Lipinski definition) is 3. The molecule has 0 radical (unpaired) electrons. The van der Waals surface area contributed by atoms with E-state index < -0.39 is 0 Å². The molecule has 0 spiro atoms. The lowest BCUT2D eigenvalue weighted by molar-refractivity contribution is 1.42. The van der Waals surface area contributed by atoms with Crippen LogP contribution in [-0.2, 0) is 0 Å². The van der Waals surface area contributed by atoms with Crippen molar-refractivity contribution in [3.05, 3.63) is 11.2 Å². The van der Waals surface area contributed by atoms with E-state index >= 15 is 0 Å². The number of H-pyrrole nitrogens is 1. The molecule has 0 saturated heterocycles. The van der Waals surface area contributed by atoms with Crippen molar-refractivity contribution in [3.63, 3.8) is 0 Å². The number of halogens is 1. The molecule has 4 heteroatoms. The largest absolute Gasteiger partial charge is 0.396 e. The molecule has 0 saturated carbocycles. The van der Waals surface area contributed by atoms with Gasteiger partial charge < -0.3 is 16.5 Å². The Hall–Kier alpha value is -0.830. The lowest BCUT2D eigenvalue weighted by Gasteiger charge is -1.84. The van der Waals surface area contributed by atoms with Crippen molar-refractivity contribution >= 4 is 23.1 Å². The molecule has 0 fully saturated rings. The van der Waals surface area contributed by atoms with Gasteiger partial charge in [0.05, 0.1) is 5.69 Å². The first kappa shape index (κ1) is 5.31. The van der Waals surface area contributed by atoms with Gasteiger partial charge in [-0.05, 0) is 0 Å². The highest BCUT2D eigenvalue weighted by molar-refractivity contribution is 6.35. The van der Waals surface area contributed by atoms with Crippen LogP contribution in [0.5, 0.6) is 0 Å². The predicted octanol–water partition coefficient (Wildman–Crippen LogP) is 0.833. The minimum absolute atomic E-state index is 0.407. The van der Waals surface area contributed by atoms with Crippen LogP contribution < -0.4 is 11.5 Å². The van der Waals surface area contributed by atoms with Crippen molar-refractivity contribution in [3.8, 4) is 0 Å². The van der Waals surface area contributed by atoms with Crippen LogP contribution in [0.2, 0.25) is 5.02 Å². The molecule has 1 rings (SSSR count). The number of rotatable bonds is 0. The molecule has 44 valence electrons. The van der Waals surface area contributed by atoms with Crippen LogP contribution >= 0.6 is 11.6 Å². The Morgan fingerprint density at radius 3 is 2.25 bits per heavy atom. The summed E-state index contributed by atoms with van der Waals surface area (Å²) in [5.74, 6) is 0.421.